The summed E-state index contributed by atoms with van der Waals surface area (Å²) in [7, 11) is -2.26. The molecule has 0 spiro atoms. The summed E-state index contributed by atoms with van der Waals surface area (Å²) in [6.07, 6.45) is 1.58. The van der Waals surface area contributed by atoms with Crippen LogP contribution in [0.4, 0.5) is 0 Å². The van der Waals surface area contributed by atoms with Crippen LogP contribution in [0.1, 0.15) is 29.1 Å². The van der Waals surface area contributed by atoms with Crippen LogP contribution in [0.3, 0.4) is 0 Å². The molecular weight excluding hydrogens is 246 g/mol. The summed E-state index contributed by atoms with van der Waals surface area (Å²) in [6, 6.07) is 3.01. The lowest BCUT2D eigenvalue weighted by molar-refractivity contribution is 0.0600. The van der Waals surface area contributed by atoms with Crippen LogP contribution < -0.4 is 0 Å². The van der Waals surface area contributed by atoms with E-state index in [0.717, 1.165) is 6.26 Å². The summed E-state index contributed by atoms with van der Waals surface area (Å²) < 4.78 is 31.1. The first-order chi connectivity index (χ1) is 7.83. The van der Waals surface area contributed by atoms with Gasteiger partial charge in [-0.1, -0.05) is 0 Å². The van der Waals surface area contributed by atoms with Gasteiger partial charge in [0.15, 0.2) is 0 Å². The molecule has 0 bridgehead atoms. The molecule has 1 aromatic heterocycles. The summed E-state index contributed by atoms with van der Waals surface area (Å²) in [5, 5.41) is 0. The van der Waals surface area contributed by atoms with Gasteiger partial charge in [-0.25, -0.2) is 4.79 Å². The molecule has 17 heavy (non-hydrogen) atoms. The largest absolute Gasteiger partial charge is 0.465 e. The van der Waals surface area contributed by atoms with Gasteiger partial charge in [0.1, 0.15) is 6.10 Å². The predicted molar refractivity (Wildman–Crippen MR) is 59.9 cm³/mol. The lowest BCUT2D eigenvalue weighted by Gasteiger charge is -2.10. The maximum atomic E-state index is 11.1. The molecule has 6 nitrogen and oxygen atoms in total. The Hall–Kier alpha value is -1.47. The number of carbonyl (C=O) groups excluding carboxylic acids is 1. The first kappa shape index (κ1) is 13.6. The quantitative estimate of drug-likeness (QED) is 0.590. The van der Waals surface area contributed by atoms with Gasteiger partial charge in [-0.3, -0.25) is 9.17 Å². The Balaban J connectivity index is 2.84. The number of carbonyl (C=O) groups is 1. The number of nitrogens with zero attached hydrogens (tertiary/aromatic N) is 1. The molecule has 94 valence electrons. The number of rotatable bonds is 4. The van der Waals surface area contributed by atoms with Crippen LogP contribution in [0.2, 0.25) is 0 Å². The van der Waals surface area contributed by atoms with Gasteiger partial charge in [-0.05, 0) is 19.1 Å². The Morgan fingerprint density at radius 1 is 1.41 bits per heavy atom. The van der Waals surface area contributed by atoms with Crippen molar-refractivity contribution in [1.82, 2.24) is 4.98 Å². The van der Waals surface area contributed by atoms with Crippen molar-refractivity contribution >= 4 is 16.1 Å². The fourth-order valence-corrected chi connectivity index (χ4v) is 1.82. The van der Waals surface area contributed by atoms with Gasteiger partial charge in [-0.15, -0.1) is 0 Å². The van der Waals surface area contributed by atoms with Gasteiger partial charge in [-0.2, -0.15) is 8.42 Å². The van der Waals surface area contributed by atoms with Crippen LogP contribution in [-0.4, -0.2) is 32.7 Å². The Bertz CT molecular complexity index is 494. The Morgan fingerprint density at radius 3 is 2.47 bits per heavy atom. The second kappa shape index (κ2) is 5.24. The van der Waals surface area contributed by atoms with Crippen molar-refractivity contribution in [3.05, 3.63) is 29.6 Å². The summed E-state index contributed by atoms with van der Waals surface area (Å²) in [5.41, 5.74) is 0.714. The summed E-state index contributed by atoms with van der Waals surface area (Å²) in [5.74, 6) is -0.499. The smallest absolute Gasteiger partial charge is 0.339 e. The highest BCUT2D eigenvalue weighted by Crippen LogP contribution is 2.16. The van der Waals surface area contributed by atoms with Gasteiger partial charge in [0, 0.05) is 6.20 Å². The zero-order valence-electron chi connectivity index (χ0n) is 9.71. The van der Waals surface area contributed by atoms with Crippen LogP contribution in [0.15, 0.2) is 18.3 Å². The molecule has 0 radical (unpaired) electrons. The molecule has 0 N–H and O–H groups in total. The van der Waals surface area contributed by atoms with Crippen LogP contribution in [-0.2, 0) is 19.0 Å². The molecule has 1 rings (SSSR count). The molecule has 0 aromatic carbocycles. The van der Waals surface area contributed by atoms with Gasteiger partial charge >= 0.3 is 5.97 Å². The molecule has 0 fully saturated rings. The Kier molecular flexibility index (Phi) is 4.19. The average Bonchev–Trinajstić information content (AvgIpc) is 2.26. The van der Waals surface area contributed by atoms with E-state index >= 15 is 0 Å². The summed E-state index contributed by atoms with van der Waals surface area (Å²) >= 11 is 0. The number of hydrogen-bond donors (Lipinski definition) is 0. The van der Waals surface area contributed by atoms with Crippen molar-refractivity contribution in [2.75, 3.05) is 13.4 Å². The molecule has 0 saturated heterocycles. The van der Waals surface area contributed by atoms with E-state index in [-0.39, 0.29) is 0 Å². The molecule has 0 saturated carbocycles. The number of esters is 1. The maximum absolute atomic E-state index is 11.1. The van der Waals surface area contributed by atoms with Crippen LogP contribution in [0, 0.1) is 0 Å². The van der Waals surface area contributed by atoms with E-state index in [1.165, 1.54) is 25.4 Å². The first-order valence-electron chi connectivity index (χ1n) is 4.76. The van der Waals surface area contributed by atoms with Gasteiger partial charge < -0.3 is 4.74 Å². The zero-order valence-corrected chi connectivity index (χ0v) is 10.5. The highest BCUT2D eigenvalue weighted by molar-refractivity contribution is 7.86. The van der Waals surface area contributed by atoms with E-state index < -0.39 is 22.2 Å². The lowest BCUT2D eigenvalue weighted by atomic mass is 10.2. The highest BCUT2D eigenvalue weighted by atomic mass is 32.2. The van der Waals surface area contributed by atoms with Crippen molar-refractivity contribution in [3.63, 3.8) is 0 Å². The monoisotopic (exact) mass is 259 g/mol. The minimum atomic E-state index is -3.53. The van der Waals surface area contributed by atoms with Crippen LogP contribution >= 0.6 is 0 Å². The number of ether oxygens (including phenoxy) is 1. The third-order valence-electron chi connectivity index (χ3n) is 1.94. The molecule has 1 heterocycles. The number of hydrogen-bond acceptors (Lipinski definition) is 6. The minimum Gasteiger partial charge on any atom is -0.465 e. The first-order valence-corrected chi connectivity index (χ1v) is 6.57. The average molecular weight is 259 g/mol. The van der Waals surface area contributed by atoms with Crippen molar-refractivity contribution in [2.24, 2.45) is 0 Å². The van der Waals surface area contributed by atoms with E-state index in [1.54, 1.807) is 6.92 Å². The van der Waals surface area contributed by atoms with E-state index in [9.17, 15) is 13.2 Å². The SMILES string of the molecule is COC(=O)c1ccc(C(C)OS(C)(=O)=O)nc1. The van der Waals surface area contributed by atoms with Crippen molar-refractivity contribution < 1.29 is 22.1 Å². The molecule has 1 atom stereocenters. The fourth-order valence-electron chi connectivity index (χ4n) is 1.20. The number of methoxy groups -OCH3 is 1. The predicted octanol–water partition coefficient (Wildman–Crippen LogP) is 0.905. The van der Waals surface area contributed by atoms with Crippen LogP contribution in [0.25, 0.3) is 0 Å². The third-order valence-corrected chi connectivity index (χ3v) is 2.58. The fraction of sp³-hybridized carbons (Fsp3) is 0.400. The molecule has 0 aliphatic rings. The molecule has 1 unspecified atom stereocenters. The van der Waals surface area contributed by atoms with E-state index in [0.29, 0.717) is 11.3 Å². The van der Waals surface area contributed by atoms with E-state index in [4.69, 9.17) is 4.18 Å². The van der Waals surface area contributed by atoms with Crippen molar-refractivity contribution in [2.45, 2.75) is 13.0 Å². The maximum Gasteiger partial charge on any atom is 0.339 e. The molecular formula is C10H13NO5S. The standard InChI is InChI=1S/C10H13NO5S/c1-7(16-17(3,13)14)9-5-4-8(6-11-9)10(12)15-2/h4-7H,1-3H3. The highest BCUT2D eigenvalue weighted by Gasteiger charge is 2.14. The summed E-state index contributed by atoms with van der Waals surface area (Å²) in [4.78, 5) is 15.1. The Morgan fingerprint density at radius 2 is 2.06 bits per heavy atom. The van der Waals surface area contributed by atoms with Crippen molar-refractivity contribution in [1.29, 1.82) is 0 Å². The van der Waals surface area contributed by atoms with Gasteiger partial charge in [0.05, 0.1) is 24.6 Å². The number of aromatic nitrogens is 1. The van der Waals surface area contributed by atoms with E-state index in [1.807, 2.05) is 0 Å². The molecule has 0 aliphatic carbocycles. The second-order valence-electron chi connectivity index (χ2n) is 3.41. The zero-order chi connectivity index (χ0) is 13.1. The normalized spacial score (nSPS) is 13.1. The molecule has 0 aliphatic heterocycles. The number of pyridine rings is 1. The van der Waals surface area contributed by atoms with Gasteiger partial charge in [0.25, 0.3) is 10.1 Å². The summed E-state index contributed by atoms with van der Waals surface area (Å²) in [6.45, 7) is 1.56. The Labute approximate surface area is 99.7 Å². The lowest BCUT2D eigenvalue weighted by Crippen LogP contribution is -2.09. The molecule has 0 amide bonds. The second-order valence-corrected chi connectivity index (χ2v) is 5.01. The molecule has 7 heteroatoms. The topological polar surface area (TPSA) is 82.6 Å². The molecule has 1 aromatic rings. The van der Waals surface area contributed by atoms with Crippen LogP contribution in [0.5, 0.6) is 0 Å². The third kappa shape index (κ3) is 4.12. The minimum absolute atomic E-state index is 0.294. The van der Waals surface area contributed by atoms with Crippen molar-refractivity contribution in [3.8, 4) is 0 Å². The van der Waals surface area contributed by atoms with E-state index in [2.05, 4.69) is 9.72 Å². The van der Waals surface area contributed by atoms with Gasteiger partial charge in [0.2, 0.25) is 0 Å².